The summed E-state index contributed by atoms with van der Waals surface area (Å²) in [4.78, 5) is 0. The van der Waals surface area contributed by atoms with Crippen LogP contribution in [0.4, 0.5) is 0 Å². The van der Waals surface area contributed by atoms with Gasteiger partial charge in [0.25, 0.3) is 0 Å². The molecular weight excluding hydrogens is 214 g/mol. The molecule has 0 amide bonds. The molecule has 16 heavy (non-hydrogen) atoms. The van der Waals surface area contributed by atoms with Crippen molar-refractivity contribution >= 4 is 11.8 Å². The van der Waals surface area contributed by atoms with E-state index in [9.17, 15) is 0 Å². The van der Waals surface area contributed by atoms with Crippen LogP contribution in [0.5, 0.6) is 0 Å². The summed E-state index contributed by atoms with van der Waals surface area (Å²) >= 11 is 2.11. The monoisotopic (exact) mass is 235 g/mol. The normalized spacial score (nSPS) is 22.2. The molecule has 1 saturated heterocycles. The van der Waals surface area contributed by atoms with Crippen LogP contribution < -0.4 is 5.32 Å². The van der Waals surface area contributed by atoms with Crippen LogP contribution in [-0.2, 0) is 0 Å². The highest BCUT2D eigenvalue weighted by Gasteiger charge is 2.26. The van der Waals surface area contributed by atoms with Crippen molar-refractivity contribution in [2.75, 3.05) is 25.1 Å². The number of hydrogen-bond donors (Lipinski definition) is 1. The van der Waals surface area contributed by atoms with Gasteiger partial charge in [-0.3, -0.25) is 0 Å². The molecule has 0 spiro atoms. The molecule has 1 heterocycles. The second-order valence-corrected chi connectivity index (χ2v) is 5.79. The van der Waals surface area contributed by atoms with Crippen LogP contribution in [0.15, 0.2) is 24.3 Å². The van der Waals surface area contributed by atoms with E-state index in [1.165, 1.54) is 23.5 Å². The number of benzene rings is 1. The molecule has 0 bridgehead atoms. The van der Waals surface area contributed by atoms with Gasteiger partial charge in [0.15, 0.2) is 0 Å². The Morgan fingerprint density at radius 3 is 2.88 bits per heavy atom. The summed E-state index contributed by atoms with van der Waals surface area (Å²) < 4.78 is 0. The average molecular weight is 235 g/mol. The maximum atomic E-state index is 3.36. The molecule has 1 aromatic rings. The summed E-state index contributed by atoms with van der Waals surface area (Å²) in [6, 6.07) is 8.85. The summed E-state index contributed by atoms with van der Waals surface area (Å²) in [6.45, 7) is 3.34. The highest BCUT2D eigenvalue weighted by Crippen LogP contribution is 2.36. The van der Waals surface area contributed by atoms with Crippen LogP contribution in [0.25, 0.3) is 0 Å². The fourth-order valence-electron chi connectivity index (χ4n) is 2.62. The molecule has 0 aliphatic carbocycles. The van der Waals surface area contributed by atoms with Gasteiger partial charge in [0.05, 0.1) is 0 Å². The van der Waals surface area contributed by atoms with E-state index >= 15 is 0 Å². The van der Waals surface area contributed by atoms with Crippen molar-refractivity contribution in [2.24, 2.45) is 5.92 Å². The first-order valence-electron chi connectivity index (χ1n) is 6.11. The second kappa shape index (κ2) is 5.74. The van der Waals surface area contributed by atoms with Gasteiger partial charge < -0.3 is 5.32 Å². The third-order valence-corrected chi connectivity index (χ3v) is 4.73. The summed E-state index contributed by atoms with van der Waals surface area (Å²) in [7, 11) is 2.06. The minimum Gasteiger partial charge on any atom is -0.319 e. The first kappa shape index (κ1) is 12.0. The lowest BCUT2D eigenvalue weighted by Crippen LogP contribution is -2.24. The predicted molar refractivity (Wildman–Crippen MR) is 73.3 cm³/mol. The lowest BCUT2D eigenvalue weighted by atomic mass is 9.83. The molecule has 1 aromatic carbocycles. The highest BCUT2D eigenvalue weighted by molar-refractivity contribution is 7.99. The van der Waals surface area contributed by atoms with E-state index in [1.807, 2.05) is 0 Å². The zero-order valence-electron chi connectivity index (χ0n) is 10.2. The van der Waals surface area contributed by atoms with Gasteiger partial charge in [0, 0.05) is 12.5 Å². The average Bonchev–Trinajstić information content (AvgIpc) is 2.80. The molecule has 2 unspecified atom stereocenters. The van der Waals surface area contributed by atoms with Crippen molar-refractivity contribution in [3.63, 3.8) is 0 Å². The largest absolute Gasteiger partial charge is 0.319 e. The third kappa shape index (κ3) is 2.61. The van der Waals surface area contributed by atoms with Gasteiger partial charge in [-0.15, -0.1) is 0 Å². The number of hydrogen-bond acceptors (Lipinski definition) is 2. The molecule has 0 radical (unpaired) electrons. The van der Waals surface area contributed by atoms with Crippen molar-refractivity contribution < 1.29 is 0 Å². The molecule has 0 saturated carbocycles. The minimum atomic E-state index is 0.696. The van der Waals surface area contributed by atoms with E-state index in [-0.39, 0.29) is 0 Å². The summed E-state index contributed by atoms with van der Waals surface area (Å²) in [5, 5.41) is 3.36. The fourth-order valence-corrected chi connectivity index (χ4v) is 3.96. The molecule has 1 aliphatic heterocycles. The molecule has 0 aromatic heterocycles. The predicted octanol–water partition coefficient (Wildman–Crippen LogP) is 3.05. The van der Waals surface area contributed by atoms with E-state index in [4.69, 9.17) is 0 Å². The van der Waals surface area contributed by atoms with Crippen LogP contribution in [0.1, 0.15) is 23.5 Å². The lowest BCUT2D eigenvalue weighted by Gasteiger charge is -2.24. The van der Waals surface area contributed by atoms with Crippen molar-refractivity contribution in [1.29, 1.82) is 0 Å². The number of nitrogens with one attached hydrogen (secondary N) is 1. The smallest absolute Gasteiger partial charge is 0.00202 e. The van der Waals surface area contributed by atoms with Gasteiger partial charge in [-0.25, -0.2) is 0 Å². The van der Waals surface area contributed by atoms with E-state index in [0.717, 1.165) is 12.5 Å². The SMILES string of the molecule is CNCC(c1ccccc1C)C1CCSC1. The summed E-state index contributed by atoms with van der Waals surface area (Å²) in [5.41, 5.74) is 2.99. The molecule has 88 valence electrons. The first-order chi connectivity index (χ1) is 7.83. The lowest BCUT2D eigenvalue weighted by molar-refractivity contribution is 0.451. The maximum Gasteiger partial charge on any atom is 0.00202 e. The van der Waals surface area contributed by atoms with Crippen molar-refractivity contribution in [2.45, 2.75) is 19.3 Å². The molecule has 2 rings (SSSR count). The number of likely N-dealkylation sites (N-methyl/N-ethyl adjacent to an activating group) is 1. The van der Waals surface area contributed by atoms with Gasteiger partial charge in [0.1, 0.15) is 0 Å². The zero-order valence-corrected chi connectivity index (χ0v) is 11.0. The van der Waals surface area contributed by atoms with Gasteiger partial charge >= 0.3 is 0 Å². The van der Waals surface area contributed by atoms with Crippen molar-refractivity contribution in [3.8, 4) is 0 Å². The fraction of sp³-hybridized carbons (Fsp3) is 0.571. The maximum absolute atomic E-state index is 3.36. The van der Waals surface area contributed by atoms with Crippen LogP contribution >= 0.6 is 11.8 Å². The number of thioether (sulfide) groups is 1. The Morgan fingerprint density at radius 1 is 1.44 bits per heavy atom. The Bertz CT molecular complexity index is 331. The zero-order chi connectivity index (χ0) is 11.4. The van der Waals surface area contributed by atoms with E-state index < -0.39 is 0 Å². The Kier molecular flexibility index (Phi) is 4.30. The van der Waals surface area contributed by atoms with Gasteiger partial charge in [-0.05, 0) is 48.9 Å². The summed E-state index contributed by atoms with van der Waals surface area (Å²) in [6.07, 6.45) is 1.38. The van der Waals surface area contributed by atoms with Gasteiger partial charge in [-0.1, -0.05) is 24.3 Å². The topological polar surface area (TPSA) is 12.0 Å². The quantitative estimate of drug-likeness (QED) is 0.861. The Hall–Kier alpha value is -0.470. The number of aryl methyl sites for hydroxylation is 1. The van der Waals surface area contributed by atoms with E-state index in [2.05, 4.69) is 55.3 Å². The minimum absolute atomic E-state index is 0.696. The van der Waals surface area contributed by atoms with Crippen LogP contribution in [0, 0.1) is 12.8 Å². The Morgan fingerprint density at radius 2 is 2.25 bits per heavy atom. The highest BCUT2D eigenvalue weighted by atomic mass is 32.2. The molecular formula is C14H21NS. The molecule has 1 aliphatic rings. The second-order valence-electron chi connectivity index (χ2n) is 4.64. The van der Waals surface area contributed by atoms with Gasteiger partial charge in [-0.2, -0.15) is 11.8 Å². The standard InChI is InChI=1S/C14H21NS/c1-11-5-3-4-6-13(11)14(9-15-2)12-7-8-16-10-12/h3-6,12,14-15H,7-10H2,1-2H3. The van der Waals surface area contributed by atoms with Crippen molar-refractivity contribution in [1.82, 2.24) is 5.32 Å². The van der Waals surface area contributed by atoms with Crippen LogP contribution in [0.3, 0.4) is 0 Å². The molecule has 1 nitrogen and oxygen atoms in total. The Balaban J connectivity index is 2.21. The summed E-state index contributed by atoms with van der Waals surface area (Å²) in [5.74, 6) is 4.23. The number of rotatable bonds is 4. The Labute approximate surface area is 103 Å². The van der Waals surface area contributed by atoms with Gasteiger partial charge in [0.2, 0.25) is 0 Å². The van der Waals surface area contributed by atoms with E-state index in [1.54, 1.807) is 5.56 Å². The molecule has 1 N–H and O–H groups in total. The molecule has 1 fully saturated rings. The first-order valence-corrected chi connectivity index (χ1v) is 7.26. The van der Waals surface area contributed by atoms with E-state index in [0.29, 0.717) is 5.92 Å². The molecule has 2 heteroatoms. The third-order valence-electron chi connectivity index (χ3n) is 3.55. The molecule has 2 atom stereocenters. The van der Waals surface area contributed by atoms with Crippen molar-refractivity contribution in [3.05, 3.63) is 35.4 Å². The van der Waals surface area contributed by atoms with Crippen LogP contribution in [0.2, 0.25) is 0 Å². The van der Waals surface area contributed by atoms with Crippen LogP contribution in [-0.4, -0.2) is 25.1 Å².